The van der Waals surface area contributed by atoms with Gasteiger partial charge in [-0.15, -0.1) is 0 Å². The van der Waals surface area contributed by atoms with Crippen molar-refractivity contribution in [3.05, 3.63) is 6.92 Å². The van der Waals surface area contributed by atoms with Crippen molar-refractivity contribution in [1.29, 1.82) is 0 Å². The van der Waals surface area contributed by atoms with Gasteiger partial charge in [-0.3, -0.25) is 0 Å². The van der Waals surface area contributed by atoms with Crippen LogP contribution in [0, 0.1) is 46.9 Å². The first-order valence-electron chi connectivity index (χ1n) is 1.21. The molecule has 0 fully saturated rings. The number of hydrogen-bond donors (Lipinski definition) is 0. The standard InChI is InChI=1S/C3H7.Gd/c1-3-2;/h1,3H2,2H3;/q-1;. The molecule has 0 aromatic rings. The van der Waals surface area contributed by atoms with Crippen molar-refractivity contribution in [2.24, 2.45) is 0 Å². The zero-order valence-corrected chi connectivity index (χ0v) is 5.04. The van der Waals surface area contributed by atoms with Crippen molar-refractivity contribution in [3.63, 3.8) is 0 Å². The molecular weight excluding hydrogens is 193 g/mol. The normalized spacial score (nSPS) is 4.50. The maximum atomic E-state index is 3.49. The predicted molar refractivity (Wildman–Crippen MR) is 15.6 cm³/mol. The molecule has 0 amide bonds. The third kappa shape index (κ3) is 10.2. The molecule has 28 valence electrons. The molecule has 0 nitrogen and oxygen atoms in total. The number of rotatable bonds is 0. The van der Waals surface area contributed by atoms with Crippen LogP contribution in [-0.2, 0) is 0 Å². The van der Waals surface area contributed by atoms with Gasteiger partial charge < -0.3 is 6.92 Å². The largest absolute Gasteiger partial charge is 0.344 e. The maximum Gasteiger partial charge on any atom is 0 e. The van der Waals surface area contributed by atoms with Gasteiger partial charge in [0.1, 0.15) is 0 Å². The molecule has 0 aromatic heterocycles. The van der Waals surface area contributed by atoms with Gasteiger partial charge in [-0.2, -0.15) is 6.42 Å². The summed E-state index contributed by atoms with van der Waals surface area (Å²) < 4.78 is 0. The van der Waals surface area contributed by atoms with E-state index in [0.717, 1.165) is 6.42 Å². The Morgan fingerprint density at radius 3 is 1.75 bits per heavy atom. The molecule has 0 atom stereocenters. The topological polar surface area (TPSA) is 0 Å². The summed E-state index contributed by atoms with van der Waals surface area (Å²) in [5.74, 6) is 0. The van der Waals surface area contributed by atoms with E-state index in [9.17, 15) is 0 Å². The van der Waals surface area contributed by atoms with E-state index in [1.54, 1.807) is 0 Å². The SMILES string of the molecule is [CH2-]CC.[Gd]. The molecule has 0 N–H and O–H groups in total. The number of hydrogen-bond acceptors (Lipinski definition) is 0. The molecule has 0 aliphatic carbocycles. The minimum absolute atomic E-state index is 0. The quantitative estimate of drug-likeness (QED) is 0.516. The Morgan fingerprint density at radius 1 is 1.75 bits per heavy atom. The first kappa shape index (κ1) is 9.01. The van der Waals surface area contributed by atoms with Crippen LogP contribution in [-0.4, -0.2) is 0 Å². The van der Waals surface area contributed by atoms with E-state index in [2.05, 4.69) is 6.92 Å². The first-order valence-corrected chi connectivity index (χ1v) is 1.21. The summed E-state index contributed by atoms with van der Waals surface area (Å²) in [6.07, 6.45) is 1.00. The van der Waals surface area contributed by atoms with E-state index in [1.807, 2.05) is 6.92 Å². The summed E-state index contributed by atoms with van der Waals surface area (Å²) in [4.78, 5) is 0. The molecule has 0 saturated carbocycles. The molecule has 0 rings (SSSR count). The van der Waals surface area contributed by atoms with Crippen molar-refractivity contribution >= 4 is 0 Å². The van der Waals surface area contributed by atoms with Crippen LogP contribution in [0.1, 0.15) is 13.3 Å². The third-order valence-corrected chi connectivity index (χ3v) is 0. The second-order valence-electron chi connectivity index (χ2n) is 0.500. The van der Waals surface area contributed by atoms with Crippen molar-refractivity contribution in [2.45, 2.75) is 13.3 Å². The Morgan fingerprint density at radius 2 is 1.75 bits per heavy atom. The van der Waals surface area contributed by atoms with Crippen molar-refractivity contribution in [1.82, 2.24) is 0 Å². The third-order valence-electron chi connectivity index (χ3n) is 0. The van der Waals surface area contributed by atoms with Gasteiger partial charge in [0.2, 0.25) is 0 Å². The van der Waals surface area contributed by atoms with Gasteiger partial charge in [0.05, 0.1) is 0 Å². The average Bonchev–Trinajstić information content (AvgIpc) is 0.918. The summed E-state index contributed by atoms with van der Waals surface area (Å²) in [5.41, 5.74) is 0. The van der Waals surface area contributed by atoms with Crippen LogP contribution < -0.4 is 0 Å². The Hall–Kier alpha value is 1.32. The van der Waals surface area contributed by atoms with Gasteiger partial charge >= 0.3 is 0 Å². The second kappa shape index (κ2) is 8.85. The molecule has 0 heterocycles. The zero-order chi connectivity index (χ0) is 2.71. The average molecular weight is 200 g/mol. The van der Waals surface area contributed by atoms with Crippen LogP contribution in [0.15, 0.2) is 0 Å². The van der Waals surface area contributed by atoms with Crippen molar-refractivity contribution in [2.75, 3.05) is 0 Å². The van der Waals surface area contributed by atoms with Crippen LogP contribution >= 0.6 is 0 Å². The van der Waals surface area contributed by atoms with Crippen molar-refractivity contribution < 1.29 is 39.9 Å². The van der Waals surface area contributed by atoms with Crippen LogP contribution in [0.5, 0.6) is 0 Å². The monoisotopic (exact) mass is 201 g/mol. The summed E-state index contributed by atoms with van der Waals surface area (Å²) in [6.45, 7) is 5.50. The maximum absolute atomic E-state index is 3.49. The fraction of sp³-hybridized carbons (Fsp3) is 0.667. The Balaban J connectivity index is 0. The summed E-state index contributed by atoms with van der Waals surface area (Å²) in [6, 6.07) is 0. The second-order valence-corrected chi connectivity index (χ2v) is 0.500. The van der Waals surface area contributed by atoms with E-state index in [1.165, 1.54) is 0 Å². The molecule has 0 aliphatic heterocycles. The van der Waals surface area contributed by atoms with E-state index >= 15 is 0 Å². The van der Waals surface area contributed by atoms with Gasteiger partial charge in [0.15, 0.2) is 0 Å². The first-order chi connectivity index (χ1) is 1.41. The fourth-order valence-electron chi connectivity index (χ4n) is 0. The van der Waals surface area contributed by atoms with E-state index in [-0.39, 0.29) is 39.9 Å². The van der Waals surface area contributed by atoms with Crippen LogP contribution in [0.3, 0.4) is 0 Å². The molecule has 0 bridgehead atoms. The molecule has 0 aliphatic rings. The van der Waals surface area contributed by atoms with Gasteiger partial charge in [-0.1, -0.05) is 6.92 Å². The zero-order valence-electron chi connectivity index (χ0n) is 2.77. The van der Waals surface area contributed by atoms with E-state index in [4.69, 9.17) is 0 Å². The van der Waals surface area contributed by atoms with Crippen molar-refractivity contribution in [3.8, 4) is 0 Å². The molecular formula is C3H7Gd-. The molecule has 0 spiro atoms. The van der Waals surface area contributed by atoms with Gasteiger partial charge in [-0.25, -0.2) is 0 Å². The summed E-state index contributed by atoms with van der Waals surface area (Å²) >= 11 is 0. The predicted octanol–water partition coefficient (Wildman–Crippen LogP) is 1.23. The Bertz CT molecular complexity index is 3.25. The molecule has 1 heteroatoms. The van der Waals surface area contributed by atoms with Gasteiger partial charge in [-0.05, 0) is 0 Å². The minimum Gasteiger partial charge on any atom is -0.344 e. The summed E-state index contributed by atoms with van der Waals surface area (Å²) in [5, 5.41) is 0. The summed E-state index contributed by atoms with van der Waals surface area (Å²) in [7, 11) is 0. The fourth-order valence-corrected chi connectivity index (χ4v) is 0. The Kier molecular flexibility index (Phi) is 19.9. The molecule has 0 unspecified atom stereocenters. The van der Waals surface area contributed by atoms with Crippen LogP contribution in [0.4, 0.5) is 0 Å². The van der Waals surface area contributed by atoms with E-state index in [0.29, 0.717) is 0 Å². The van der Waals surface area contributed by atoms with Gasteiger partial charge in [0.25, 0.3) is 0 Å². The molecule has 0 saturated heterocycles. The van der Waals surface area contributed by atoms with Gasteiger partial charge in [0, 0.05) is 39.9 Å². The molecule has 4 heavy (non-hydrogen) atoms. The van der Waals surface area contributed by atoms with Crippen LogP contribution in [0.25, 0.3) is 0 Å². The molecule has 0 radical (unpaired) electrons. The van der Waals surface area contributed by atoms with Crippen LogP contribution in [0.2, 0.25) is 0 Å². The van der Waals surface area contributed by atoms with E-state index < -0.39 is 0 Å². The minimum atomic E-state index is 0. The molecule has 0 aromatic carbocycles. The smallest absolute Gasteiger partial charge is 0 e. The Labute approximate surface area is 59.7 Å².